The first-order valence-corrected chi connectivity index (χ1v) is 14.7. The molecule has 0 unspecified atom stereocenters. The minimum absolute atomic E-state index is 0. The van der Waals surface area contributed by atoms with E-state index >= 15 is 0 Å². The maximum absolute atomic E-state index is 11.5. The molecule has 0 spiro atoms. The van der Waals surface area contributed by atoms with Crippen LogP contribution in [0.3, 0.4) is 0 Å². The molecule has 1 aliphatic carbocycles. The van der Waals surface area contributed by atoms with E-state index in [1.165, 1.54) is 39.1 Å². The molecule has 3 aromatic carbocycles. The topological polar surface area (TPSA) is 63.1 Å². The Balaban J connectivity index is 0.000000310. The Morgan fingerprint density at radius 1 is 0.837 bits per heavy atom. The number of aliphatic hydroxyl groups excluding tert-OH is 1. The van der Waals surface area contributed by atoms with Crippen LogP contribution in [0.15, 0.2) is 72.8 Å². The molecular formula is C38H45IrN2O2-. The normalized spacial score (nSPS) is 14.3. The first-order chi connectivity index (χ1) is 19.3. The van der Waals surface area contributed by atoms with Gasteiger partial charge in [0.05, 0.1) is 5.69 Å². The average molecular weight is 754 g/mol. The van der Waals surface area contributed by atoms with E-state index in [0.717, 1.165) is 17.0 Å². The van der Waals surface area contributed by atoms with Gasteiger partial charge in [-0.15, -0.1) is 35.4 Å². The van der Waals surface area contributed by atoms with Gasteiger partial charge >= 0.3 is 0 Å². The minimum Gasteiger partial charge on any atom is -0.512 e. The Labute approximate surface area is 271 Å². The smallest absolute Gasteiger partial charge is 0.164 e. The molecule has 43 heavy (non-hydrogen) atoms. The van der Waals surface area contributed by atoms with Crippen molar-refractivity contribution < 1.29 is 30.0 Å². The van der Waals surface area contributed by atoms with E-state index in [-0.39, 0.29) is 47.9 Å². The largest absolute Gasteiger partial charge is 0.512 e. The molecule has 4 aromatic rings. The Morgan fingerprint density at radius 3 is 1.93 bits per heavy atom. The third-order valence-corrected chi connectivity index (χ3v) is 8.00. The second-order valence-electron chi connectivity index (χ2n) is 15.0. The summed E-state index contributed by atoms with van der Waals surface area (Å²) in [5.74, 6) is 0.104. The number of hydrogen-bond acceptors (Lipinski definition) is 4. The van der Waals surface area contributed by atoms with Gasteiger partial charge in [-0.3, -0.25) is 9.78 Å². The van der Waals surface area contributed by atoms with Crippen LogP contribution in [0.5, 0.6) is 0 Å². The number of carbonyl (C=O) groups excluding carboxylic acids is 1. The molecular weight excluding hydrogens is 709 g/mol. The van der Waals surface area contributed by atoms with Gasteiger partial charge in [-0.05, 0) is 45.1 Å². The fourth-order valence-corrected chi connectivity index (χ4v) is 5.07. The van der Waals surface area contributed by atoms with E-state index in [1.54, 1.807) is 6.33 Å². The summed E-state index contributed by atoms with van der Waals surface area (Å²) in [5, 5.41) is 12.1. The molecule has 1 N–H and O–H groups in total. The molecule has 1 aliphatic rings. The predicted molar refractivity (Wildman–Crippen MR) is 175 cm³/mol. The molecule has 5 rings (SSSR count). The summed E-state index contributed by atoms with van der Waals surface area (Å²) in [7, 11) is 0. The molecule has 0 atom stereocenters. The van der Waals surface area contributed by atoms with Gasteiger partial charge in [0.2, 0.25) is 0 Å². The van der Waals surface area contributed by atoms with Crippen molar-refractivity contribution in [3.05, 3.63) is 95.5 Å². The second kappa shape index (κ2) is 12.1. The number of carbonyl (C=O) groups is 1. The van der Waals surface area contributed by atoms with Crippen LogP contribution < -0.4 is 0 Å². The number of aliphatic hydroxyl groups is 1. The summed E-state index contributed by atoms with van der Waals surface area (Å²) in [6.07, 6.45) is 3.03. The Bertz CT molecular complexity index is 1660. The maximum atomic E-state index is 11.5. The zero-order valence-electron chi connectivity index (χ0n) is 27.4. The fourth-order valence-electron chi connectivity index (χ4n) is 5.07. The molecule has 229 valence electrons. The van der Waals surface area contributed by atoms with Crippen LogP contribution in [0.2, 0.25) is 0 Å². The summed E-state index contributed by atoms with van der Waals surface area (Å²) in [4.78, 5) is 20.9. The Hall–Kier alpha value is -3.14. The maximum Gasteiger partial charge on any atom is 0.164 e. The van der Waals surface area contributed by atoms with Gasteiger partial charge in [0, 0.05) is 48.0 Å². The van der Waals surface area contributed by atoms with Gasteiger partial charge < -0.3 is 5.11 Å². The molecule has 0 aliphatic heterocycles. The van der Waals surface area contributed by atoms with Crippen LogP contribution in [0.25, 0.3) is 33.3 Å². The van der Waals surface area contributed by atoms with Gasteiger partial charge in [-0.25, -0.2) is 4.98 Å². The number of hydrogen-bond donors (Lipinski definition) is 1. The minimum atomic E-state index is -0.417. The number of ketones is 1. The van der Waals surface area contributed by atoms with Gasteiger partial charge in [-0.2, -0.15) is 0 Å². The van der Waals surface area contributed by atoms with Crippen LogP contribution in [-0.4, -0.2) is 20.9 Å². The number of rotatable bonds is 2. The van der Waals surface area contributed by atoms with Crippen molar-refractivity contribution in [2.75, 3.05) is 0 Å². The number of nitrogens with zero attached hydrogens (tertiary/aromatic N) is 2. The Kier molecular flexibility index (Phi) is 9.66. The number of fused-ring (bicyclic) bond motifs is 4. The summed E-state index contributed by atoms with van der Waals surface area (Å²) in [6.45, 7) is 22.4. The summed E-state index contributed by atoms with van der Waals surface area (Å²) in [5.41, 5.74) is 7.26. The summed E-state index contributed by atoms with van der Waals surface area (Å²) in [6, 6.07) is 23.1. The van der Waals surface area contributed by atoms with Crippen LogP contribution in [0, 0.1) is 16.9 Å². The van der Waals surface area contributed by atoms with Gasteiger partial charge in [0.15, 0.2) is 5.78 Å². The molecule has 1 heterocycles. The van der Waals surface area contributed by atoms with Crippen molar-refractivity contribution in [3.8, 4) is 22.5 Å². The van der Waals surface area contributed by atoms with Crippen LogP contribution in [-0.2, 0) is 35.7 Å². The van der Waals surface area contributed by atoms with Crippen LogP contribution >= 0.6 is 0 Å². The van der Waals surface area contributed by atoms with E-state index in [2.05, 4.69) is 95.3 Å². The predicted octanol–water partition coefficient (Wildman–Crippen LogP) is 9.79. The Morgan fingerprint density at radius 2 is 1.42 bits per heavy atom. The molecule has 1 aromatic heterocycles. The quantitative estimate of drug-likeness (QED) is 0.126. The van der Waals surface area contributed by atoms with Crippen molar-refractivity contribution in [2.45, 2.75) is 87.0 Å². The molecule has 4 nitrogen and oxygen atoms in total. The van der Waals surface area contributed by atoms with E-state index in [9.17, 15) is 9.90 Å². The molecule has 5 heteroatoms. The standard InChI is InChI=1S/C27H25N2.C11H20O2.Ir/c1-26(2,3)20-12-10-17(11-13-20)24-23-25(29-16-28-24)21-14-18-8-6-7-9-19(18)15-22(21)27(23,4)5;1-10(2,3)8(12)7-9(13)11(4,5)6;/h6-10,12-16H,1-5H3;7,12H,1-6H3;/q-1;;/b;8-7-;. The average Bonchev–Trinajstić information content (AvgIpc) is 3.12. The van der Waals surface area contributed by atoms with Crippen molar-refractivity contribution >= 4 is 16.6 Å². The number of aromatic nitrogens is 2. The van der Waals surface area contributed by atoms with Gasteiger partial charge in [0.1, 0.15) is 12.1 Å². The second-order valence-corrected chi connectivity index (χ2v) is 15.0. The summed E-state index contributed by atoms with van der Waals surface area (Å²) < 4.78 is 0. The molecule has 0 amide bonds. The first-order valence-electron chi connectivity index (χ1n) is 14.7. The number of benzene rings is 3. The molecule has 0 bridgehead atoms. The van der Waals surface area contributed by atoms with E-state index in [0.29, 0.717) is 0 Å². The van der Waals surface area contributed by atoms with Crippen molar-refractivity contribution in [1.82, 2.24) is 9.97 Å². The third-order valence-electron chi connectivity index (χ3n) is 8.00. The summed E-state index contributed by atoms with van der Waals surface area (Å²) >= 11 is 0. The molecule has 0 saturated carbocycles. The van der Waals surface area contributed by atoms with Gasteiger partial charge in [0.25, 0.3) is 0 Å². The van der Waals surface area contributed by atoms with E-state index in [1.807, 2.05) is 41.5 Å². The molecule has 1 radical (unpaired) electrons. The fraction of sp³-hybridized carbons (Fsp3) is 0.395. The van der Waals surface area contributed by atoms with E-state index < -0.39 is 5.41 Å². The SMILES string of the molecule is CC(C)(C)C(=O)/C=C(\O)C(C)(C)C.CC(C)(C)c1c[c-]c(-c2ncnc3c2C(C)(C)c2cc4ccccc4cc2-3)cc1.[Ir]. The molecule has 0 saturated heterocycles. The van der Waals surface area contributed by atoms with Crippen molar-refractivity contribution in [3.63, 3.8) is 0 Å². The van der Waals surface area contributed by atoms with Crippen molar-refractivity contribution in [2.24, 2.45) is 10.8 Å². The molecule has 0 fully saturated rings. The zero-order chi connectivity index (χ0) is 31.3. The zero-order valence-corrected chi connectivity index (χ0v) is 29.8. The van der Waals surface area contributed by atoms with Gasteiger partial charge in [-0.1, -0.05) is 100 Å². The van der Waals surface area contributed by atoms with Crippen LogP contribution in [0.4, 0.5) is 0 Å². The van der Waals surface area contributed by atoms with Crippen molar-refractivity contribution in [1.29, 1.82) is 0 Å². The third kappa shape index (κ3) is 7.16. The monoisotopic (exact) mass is 754 g/mol. The number of allylic oxidation sites excluding steroid dienone is 2. The first kappa shape index (κ1) is 34.4. The van der Waals surface area contributed by atoms with E-state index in [4.69, 9.17) is 9.97 Å². The van der Waals surface area contributed by atoms with Crippen LogP contribution in [0.1, 0.15) is 92.9 Å².